The van der Waals surface area contributed by atoms with Gasteiger partial charge in [0.05, 0.1) is 11.9 Å². The van der Waals surface area contributed by atoms with Crippen molar-refractivity contribution in [2.24, 2.45) is 5.92 Å². The summed E-state index contributed by atoms with van der Waals surface area (Å²) in [5, 5.41) is 3.53. The van der Waals surface area contributed by atoms with E-state index in [0.717, 1.165) is 30.6 Å². The number of nitrogens with one attached hydrogen (secondary N) is 1. The molecule has 1 aliphatic rings. The van der Waals surface area contributed by atoms with Gasteiger partial charge < -0.3 is 5.32 Å². The van der Waals surface area contributed by atoms with Crippen LogP contribution in [0.3, 0.4) is 0 Å². The average molecular weight is 324 g/mol. The van der Waals surface area contributed by atoms with Crippen LogP contribution in [0, 0.1) is 5.92 Å². The summed E-state index contributed by atoms with van der Waals surface area (Å²) in [6, 6.07) is 6.62. The van der Waals surface area contributed by atoms with Crippen LogP contribution in [-0.2, 0) is 22.9 Å². The van der Waals surface area contributed by atoms with Crippen molar-refractivity contribution in [1.29, 1.82) is 0 Å². The molecular formula is C17H28N2O2S. The first-order chi connectivity index (χ1) is 10.2. The fraction of sp³-hybridized carbons (Fsp3) is 0.647. The third-order valence-corrected chi connectivity index (χ3v) is 5.34. The normalized spacial score (nSPS) is 19.5. The number of hydrogen-bond acceptors (Lipinski definition) is 3. The Morgan fingerprint density at radius 1 is 1.32 bits per heavy atom. The van der Waals surface area contributed by atoms with Crippen LogP contribution in [0.2, 0.25) is 0 Å². The monoisotopic (exact) mass is 324 g/mol. The van der Waals surface area contributed by atoms with Gasteiger partial charge in [0.15, 0.2) is 0 Å². The largest absolute Gasteiger partial charge is 0.314 e. The van der Waals surface area contributed by atoms with Crippen LogP contribution >= 0.6 is 0 Å². The van der Waals surface area contributed by atoms with E-state index in [1.165, 1.54) is 11.8 Å². The molecule has 1 heterocycles. The van der Waals surface area contributed by atoms with E-state index in [-0.39, 0.29) is 6.04 Å². The molecule has 1 N–H and O–H groups in total. The van der Waals surface area contributed by atoms with Gasteiger partial charge in [-0.15, -0.1) is 0 Å². The quantitative estimate of drug-likeness (QED) is 0.875. The van der Waals surface area contributed by atoms with E-state index in [0.29, 0.717) is 12.0 Å². The van der Waals surface area contributed by atoms with Gasteiger partial charge in [0, 0.05) is 12.1 Å². The molecule has 2 unspecified atom stereocenters. The predicted molar refractivity (Wildman–Crippen MR) is 92.9 cm³/mol. The molecule has 0 aliphatic carbocycles. The van der Waals surface area contributed by atoms with E-state index in [2.05, 4.69) is 38.2 Å². The molecule has 1 aliphatic heterocycles. The highest BCUT2D eigenvalue weighted by Gasteiger charge is 2.32. The van der Waals surface area contributed by atoms with Crippen molar-refractivity contribution in [3.8, 4) is 0 Å². The Kier molecular flexibility index (Phi) is 5.17. The molecule has 22 heavy (non-hydrogen) atoms. The van der Waals surface area contributed by atoms with Crippen molar-refractivity contribution in [2.75, 3.05) is 17.1 Å². The van der Waals surface area contributed by atoms with Crippen molar-refractivity contribution in [1.82, 2.24) is 5.32 Å². The third kappa shape index (κ3) is 4.02. The number of rotatable bonds is 6. The first kappa shape index (κ1) is 17.3. The minimum Gasteiger partial charge on any atom is -0.314 e. The Balaban J connectivity index is 2.12. The van der Waals surface area contributed by atoms with Crippen LogP contribution in [0.25, 0.3) is 0 Å². The van der Waals surface area contributed by atoms with Gasteiger partial charge in [0.2, 0.25) is 10.0 Å². The second-order valence-corrected chi connectivity index (χ2v) is 8.84. The smallest absolute Gasteiger partial charge is 0.232 e. The molecule has 0 amide bonds. The number of sulfonamides is 1. The molecule has 1 aromatic rings. The summed E-state index contributed by atoms with van der Waals surface area (Å²) in [6.07, 6.45) is 3.04. The van der Waals surface area contributed by atoms with E-state index in [9.17, 15) is 8.42 Å². The molecule has 5 heteroatoms. The molecule has 2 atom stereocenters. The molecule has 0 fully saturated rings. The van der Waals surface area contributed by atoms with Gasteiger partial charge in [-0.05, 0) is 56.3 Å². The second kappa shape index (κ2) is 6.59. The van der Waals surface area contributed by atoms with E-state index < -0.39 is 10.0 Å². The summed E-state index contributed by atoms with van der Waals surface area (Å²) >= 11 is 0. The summed E-state index contributed by atoms with van der Waals surface area (Å²) in [4.78, 5) is 0. The summed E-state index contributed by atoms with van der Waals surface area (Å²) in [5.74, 6) is 0.645. The summed E-state index contributed by atoms with van der Waals surface area (Å²) in [7, 11) is -3.20. The van der Waals surface area contributed by atoms with Gasteiger partial charge >= 0.3 is 0 Å². The molecular weight excluding hydrogens is 296 g/mol. The lowest BCUT2D eigenvalue weighted by Gasteiger charge is -2.22. The molecule has 0 aromatic heterocycles. The van der Waals surface area contributed by atoms with Crippen molar-refractivity contribution in [3.63, 3.8) is 0 Å². The Labute approximate surface area is 135 Å². The zero-order valence-corrected chi connectivity index (χ0v) is 15.1. The highest BCUT2D eigenvalue weighted by molar-refractivity contribution is 7.92. The van der Waals surface area contributed by atoms with Gasteiger partial charge in [0.1, 0.15) is 0 Å². The van der Waals surface area contributed by atoms with Gasteiger partial charge in [-0.25, -0.2) is 8.42 Å². The first-order valence-electron chi connectivity index (χ1n) is 8.03. The number of hydrogen-bond donors (Lipinski definition) is 1. The molecule has 0 bridgehead atoms. The molecule has 0 spiro atoms. The van der Waals surface area contributed by atoms with Crippen LogP contribution in [0.1, 0.15) is 38.8 Å². The molecule has 1 aromatic carbocycles. The fourth-order valence-corrected chi connectivity index (χ4v) is 4.41. The van der Waals surface area contributed by atoms with Gasteiger partial charge in [-0.2, -0.15) is 0 Å². The maximum atomic E-state index is 11.9. The number of nitrogens with zero attached hydrogens (tertiary/aromatic N) is 1. The van der Waals surface area contributed by atoms with Crippen LogP contribution in [0.5, 0.6) is 0 Å². The molecule has 0 saturated heterocycles. The fourth-order valence-electron chi connectivity index (χ4n) is 3.15. The maximum Gasteiger partial charge on any atom is 0.232 e. The molecule has 2 rings (SSSR count). The number of benzene rings is 1. The van der Waals surface area contributed by atoms with Crippen LogP contribution < -0.4 is 9.62 Å². The van der Waals surface area contributed by atoms with Crippen LogP contribution in [0.15, 0.2) is 18.2 Å². The Morgan fingerprint density at radius 2 is 2.00 bits per heavy atom. The summed E-state index contributed by atoms with van der Waals surface area (Å²) in [5.41, 5.74) is 3.26. The Bertz CT molecular complexity index is 626. The van der Waals surface area contributed by atoms with Crippen LogP contribution in [0.4, 0.5) is 5.69 Å². The lowest BCUT2D eigenvalue weighted by molar-refractivity contribution is 0.482. The maximum absolute atomic E-state index is 11.9. The zero-order valence-electron chi connectivity index (χ0n) is 14.3. The molecule has 4 nitrogen and oxygen atoms in total. The summed E-state index contributed by atoms with van der Waals surface area (Å²) < 4.78 is 25.4. The third-order valence-electron chi connectivity index (χ3n) is 4.07. The number of fused-ring (bicyclic) bond motifs is 1. The second-order valence-electron chi connectivity index (χ2n) is 6.98. The highest BCUT2D eigenvalue weighted by atomic mass is 32.2. The molecule has 0 saturated carbocycles. The highest BCUT2D eigenvalue weighted by Crippen LogP contribution is 2.34. The Hall–Kier alpha value is -1.07. The van der Waals surface area contributed by atoms with Crippen molar-refractivity contribution < 1.29 is 8.42 Å². The van der Waals surface area contributed by atoms with E-state index in [1.807, 2.05) is 13.0 Å². The van der Waals surface area contributed by atoms with E-state index in [4.69, 9.17) is 0 Å². The topological polar surface area (TPSA) is 49.4 Å². The van der Waals surface area contributed by atoms with E-state index >= 15 is 0 Å². The lowest BCUT2D eigenvalue weighted by atomic mass is 10.0. The average Bonchev–Trinajstić information content (AvgIpc) is 2.71. The predicted octanol–water partition coefficient (Wildman–Crippen LogP) is 2.57. The minimum atomic E-state index is -3.20. The number of anilines is 1. The summed E-state index contributed by atoms with van der Waals surface area (Å²) in [6.45, 7) is 9.59. The standard InChI is InChI=1S/C17H28N2O2S/c1-12(2)11-18-13(3)8-15-6-7-17-16(10-15)9-14(4)19(17)22(5,20)21/h6-7,10,12-14,18H,8-9,11H2,1-5H3. The lowest BCUT2D eigenvalue weighted by Crippen LogP contribution is -2.34. The molecule has 124 valence electrons. The zero-order chi connectivity index (χ0) is 16.5. The van der Waals surface area contributed by atoms with E-state index in [1.54, 1.807) is 4.31 Å². The van der Waals surface area contributed by atoms with Gasteiger partial charge in [-0.1, -0.05) is 26.0 Å². The molecule has 0 radical (unpaired) electrons. The van der Waals surface area contributed by atoms with Crippen molar-refractivity contribution >= 4 is 15.7 Å². The minimum absolute atomic E-state index is 0.0109. The van der Waals surface area contributed by atoms with Crippen LogP contribution in [-0.4, -0.2) is 33.3 Å². The SMILES string of the molecule is CC(C)CNC(C)Cc1ccc2c(c1)CC(C)N2S(C)(=O)=O. The van der Waals surface area contributed by atoms with Gasteiger partial charge in [-0.3, -0.25) is 4.31 Å². The first-order valence-corrected chi connectivity index (χ1v) is 9.88. The Morgan fingerprint density at radius 3 is 2.59 bits per heavy atom. The van der Waals surface area contributed by atoms with Gasteiger partial charge in [0.25, 0.3) is 0 Å². The van der Waals surface area contributed by atoms with Crippen molar-refractivity contribution in [3.05, 3.63) is 29.3 Å². The van der Waals surface area contributed by atoms with Crippen molar-refractivity contribution in [2.45, 2.75) is 52.6 Å².